The number of aromatic nitrogens is 2. The van der Waals surface area contributed by atoms with Gasteiger partial charge in [-0.25, -0.2) is 4.98 Å². The SMILES string of the molecule is Cc1cnc(C)c(N(C)C[C@@H](O)CN2CCN(C)CC2)n1. The minimum absolute atomic E-state index is 0.375. The summed E-state index contributed by atoms with van der Waals surface area (Å²) in [4.78, 5) is 15.5. The number of anilines is 1. The molecule has 6 nitrogen and oxygen atoms in total. The number of aliphatic hydroxyl groups is 1. The number of piperazine rings is 1. The molecule has 1 aliphatic rings. The van der Waals surface area contributed by atoms with Crippen LogP contribution in [-0.2, 0) is 0 Å². The minimum atomic E-state index is -0.375. The van der Waals surface area contributed by atoms with E-state index in [0.29, 0.717) is 6.54 Å². The Morgan fingerprint density at radius 1 is 1.29 bits per heavy atom. The number of likely N-dealkylation sites (N-methyl/N-ethyl adjacent to an activating group) is 2. The van der Waals surface area contributed by atoms with Crippen LogP contribution in [0, 0.1) is 13.8 Å². The van der Waals surface area contributed by atoms with Gasteiger partial charge < -0.3 is 14.9 Å². The van der Waals surface area contributed by atoms with Crippen molar-refractivity contribution in [2.24, 2.45) is 0 Å². The number of hydrogen-bond acceptors (Lipinski definition) is 6. The maximum atomic E-state index is 10.3. The first-order valence-electron chi connectivity index (χ1n) is 7.56. The zero-order valence-electron chi connectivity index (χ0n) is 13.6. The molecule has 0 bridgehead atoms. The van der Waals surface area contributed by atoms with Crippen molar-refractivity contribution in [1.82, 2.24) is 19.8 Å². The van der Waals surface area contributed by atoms with E-state index in [1.54, 1.807) is 6.20 Å². The van der Waals surface area contributed by atoms with Gasteiger partial charge in [-0.3, -0.25) is 9.88 Å². The molecule has 0 aliphatic carbocycles. The van der Waals surface area contributed by atoms with Gasteiger partial charge in [0.25, 0.3) is 0 Å². The van der Waals surface area contributed by atoms with Crippen molar-refractivity contribution in [3.05, 3.63) is 17.6 Å². The highest BCUT2D eigenvalue weighted by atomic mass is 16.3. The summed E-state index contributed by atoms with van der Waals surface area (Å²) in [6.07, 6.45) is 1.40. The van der Waals surface area contributed by atoms with E-state index < -0.39 is 0 Å². The summed E-state index contributed by atoms with van der Waals surface area (Å²) in [6.45, 7) is 9.38. The Morgan fingerprint density at radius 2 is 1.95 bits per heavy atom. The van der Waals surface area contributed by atoms with E-state index in [-0.39, 0.29) is 6.10 Å². The van der Waals surface area contributed by atoms with Crippen LogP contribution in [0.15, 0.2) is 6.20 Å². The average molecular weight is 293 g/mol. The number of β-amino-alcohol motifs (C(OH)–C–C–N with tert-alkyl or cyclic N) is 1. The van der Waals surface area contributed by atoms with Crippen LogP contribution in [0.3, 0.4) is 0 Å². The van der Waals surface area contributed by atoms with Gasteiger partial charge in [-0.15, -0.1) is 0 Å². The smallest absolute Gasteiger partial charge is 0.150 e. The second kappa shape index (κ2) is 7.15. The quantitative estimate of drug-likeness (QED) is 0.833. The molecule has 0 saturated carbocycles. The Balaban J connectivity index is 1.87. The number of aryl methyl sites for hydroxylation is 2. The molecule has 0 amide bonds. The Labute approximate surface area is 127 Å². The summed E-state index contributed by atoms with van der Waals surface area (Å²) < 4.78 is 0. The molecule has 1 aromatic heterocycles. The molecule has 0 radical (unpaired) electrons. The lowest BCUT2D eigenvalue weighted by molar-refractivity contribution is 0.0842. The van der Waals surface area contributed by atoms with Crippen LogP contribution in [0.1, 0.15) is 11.4 Å². The van der Waals surface area contributed by atoms with Gasteiger partial charge in [0, 0.05) is 52.5 Å². The van der Waals surface area contributed by atoms with Gasteiger partial charge in [-0.1, -0.05) is 0 Å². The fourth-order valence-corrected chi connectivity index (χ4v) is 2.68. The molecule has 21 heavy (non-hydrogen) atoms. The third-order valence-electron chi connectivity index (χ3n) is 3.96. The molecular formula is C15H27N5O. The summed E-state index contributed by atoms with van der Waals surface area (Å²) in [5.74, 6) is 0.854. The molecule has 6 heteroatoms. The predicted octanol–water partition coefficient (Wildman–Crippen LogP) is 0.138. The van der Waals surface area contributed by atoms with Crippen LogP contribution in [0.25, 0.3) is 0 Å². The zero-order chi connectivity index (χ0) is 15.4. The summed E-state index contributed by atoms with van der Waals surface area (Å²) >= 11 is 0. The average Bonchev–Trinajstić information content (AvgIpc) is 2.44. The van der Waals surface area contributed by atoms with E-state index in [2.05, 4.69) is 26.8 Å². The molecule has 0 unspecified atom stereocenters. The first-order valence-corrected chi connectivity index (χ1v) is 7.56. The summed E-state index contributed by atoms with van der Waals surface area (Å²) in [5, 5.41) is 10.3. The standard InChI is InChI=1S/C15H27N5O/c1-12-9-16-13(2)15(17-12)19(4)10-14(21)11-20-7-5-18(3)6-8-20/h9,14,21H,5-8,10-11H2,1-4H3/t14-/m1/s1. The molecule has 0 spiro atoms. The highest BCUT2D eigenvalue weighted by Gasteiger charge is 2.19. The molecule has 1 fully saturated rings. The molecular weight excluding hydrogens is 266 g/mol. The maximum Gasteiger partial charge on any atom is 0.150 e. The third kappa shape index (κ3) is 4.62. The van der Waals surface area contributed by atoms with Gasteiger partial charge in [-0.05, 0) is 20.9 Å². The molecule has 1 saturated heterocycles. The number of aliphatic hydroxyl groups excluding tert-OH is 1. The number of hydrogen-bond donors (Lipinski definition) is 1. The highest BCUT2D eigenvalue weighted by Crippen LogP contribution is 2.14. The molecule has 2 rings (SSSR count). The first kappa shape index (κ1) is 16.1. The van der Waals surface area contributed by atoms with Crippen LogP contribution in [0.4, 0.5) is 5.82 Å². The molecule has 1 atom stereocenters. The monoisotopic (exact) mass is 293 g/mol. The van der Waals surface area contributed by atoms with Crippen molar-refractivity contribution < 1.29 is 5.11 Å². The first-order chi connectivity index (χ1) is 9.95. The van der Waals surface area contributed by atoms with Gasteiger partial charge in [0.2, 0.25) is 0 Å². The van der Waals surface area contributed by atoms with Gasteiger partial charge in [0.05, 0.1) is 17.5 Å². The topological polar surface area (TPSA) is 55.7 Å². The van der Waals surface area contributed by atoms with Gasteiger partial charge in [0.15, 0.2) is 0 Å². The van der Waals surface area contributed by atoms with Crippen LogP contribution in [0.5, 0.6) is 0 Å². The summed E-state index contributed by atoms with van der Waals surface area (Å²) in [7, 11) is 4.10. The molecule has 1 aromatic rings. The van der Waals surface area contributed by atoms with Crippen LogP contribution < -0.4 is 4.90 Å². The Kier molecular flexibility index (Phi) is 5.50. The van der Waals surface area contributed by atoms with E-state index >= 15 is 0 Å². The lowest BCUT2D eigenvalue weighted by Gasteiger charge is -2.34. The zero-order valence-corrected chi connectivity index (χ0v) is 13.6. The highest BCUT2D eigenvalue weighted by molar-refractivity contribution is 5.42. The fourth-order valence-electron chi connectivity index (χ4n) is 2.68. The molecule has 1 aliphatic heterocycles. The molecule has 2 heterocycles. The number of rotatable bonds is 5. The van der Waals surface area contributed by atoms with E-state index in [4.69, 9.17) is 0 Å². The number of nitrogens with zero attached hydrogens (tertiary/aromatic N) is 5. The van der Waals surface area contributed by atoms with Crippen molar-refractivity contribution in [3.8, 4) is 0 Å². The Hall–Kier alpha value is -1.24. The fraction of sp³-hybridized carbons (Fsp3) is 0.733. The van der Waals surface area contributed by atoms with E-state index in [9.17, 15) is 5.11 Å². The minimum Gasteiger partial charge on any atom is -0.390 e. The van der Waals surface area contributed by atoms with Crippen molar-refractivity contribution in [3.63, 3.8) is 0 Å². The van der Waals surface area contributed by atoms with E-state index in [1.165, 1.54) is 0 Å². The van der Waals surface area contributed by atoms with Crippen molar-refractivity contribution >= 4 is 5.82 Å². The summed E-state index contributed by atoms with van der Waals surface area (Å²) in [6, 6.07) is 0. The second-order valence-electron chi connectivity index (χ2n) is 6.06. The Morgan fingerprint density at radius 3 is 2.62 bits per heavy atom. The largest absolute Gasteiger partial charge is 0.390 e. The second-order valence-corrected chi connectivity index (χ2v) is 6.06. The predicted molar refractivity (Wildman–Crippen MR) is 84.7 cm³/mol. The molecule has 118 valence electrons. The van der Waals surface area contributed by atoms with Crippen LogP contribution >= 0.6 is 0 Å². The van der Waals surface area contributed by atoms with Crippen molar-refractivity contribution in [2.45, 2.75) is 20.0 Å². The molecule has 1 N–H and O–H groups in total. The normalized spacial score (nSPS) is 18.7. The van der Waals surface area contributed by atoms with Crippen molar-refractivity contribution in [1.29, 1.82) is 0 Å². The lowest BCUT2D eigenvalue weighted by Crippen LogP contribution is -2.48. The maximum absolute atomic E-state index is 10.3. The van der Waals surface area contributed by atoms with E-state index in [0.717, 1.165) is 49.9 Å². The Bertz CT molecular complexity index is 459. The van der Waals surface area contributed by atoms with E-state index in [1.807, 2.05) is 25.8 Å². The van der Waals surface area contributed by atoms with Gasteiger partial charge in [-0.2, -0.15) is 0 Å². The van der Waals surface area contributed by atoms with Crippen LogP contribution in [0.2, 0.25) is 0 Å². The lowest BCUT2D eigenvalue weighted by atomic mass is 10.2. The van der Waals surface area contributed by atoms with Crippen molar-refractivity contribution in [2.75, 3.05) is 58.3 Å². The molecule has 0 aromatic carbocycles. The summed E-state index contributed by atoms with van der Waals surface area (Å²) in [5.41, 5.74) is 1.80. The van der Waals surface area contributed by atoms with Gasteiger partial charge in [0.1, 0.15) is 5.82 Å². The van der Waals surface area contributed by atoms with Crippen LogP contribution in [-0.4, -0.2) is 84.3 Å². The van der Waals surface area contributed by atoms with Gasteiger partial charge >= 0.3 is 0 Å². The third-order valence-corrected chi connectivity index (χ3v) is 3.96.